The van der Waals surface area contributed by atoms with Crippen molar-refractivity contribution in [2.75, 3.05) is 32.5 Å². The summed E-state index contributed by atoms with van der Waals surface area (Å²) in [5.74, 6) is 0.0555. The second-order valence-electron chi connectivity index (χ2n) is 3.80. The summed E-state index contributed by atoms with van der Waals surface area (Å²) >= 11 is 3.25. The van der Waals surface area contributed by atoms with Crippen LogP contribution in [0.3, 0.4) is 0 Å². The molecular formula is C11H16BrNO3S. The largest absolute Gasteiger partial charge is 0.395 e. The first kappa shape index (κ1) is 14.6. The maximum absolute atomic E-state index is 12.0. The molecule has 0 bridgehead atoms. The number of sulfone groups is 1. The number of aliphatic hydroxyl groups is 1. The van der Waals surface area contributed by atoms with Gasteiger partial charge in [-0.2, -0.15) is 0 Å². The third-order valence-electron chi connectivity index (χ3n) is 2.38. The van der Waals surface area contributed by atoms with Crippen LogP contribution < -0.4 is 0 Å². The molecule has 4 nitrogen and oxygen atoms in total. The van der Waals surface area contributed by atoms with Crippen LogP contribution in [-0.4, -0.2) is 50.9 Å². The molecule has 0 aliphatic rings. The van der Waals surface area contributed by atoms with E-state index in [0.29, 0.717) is 18.0 Å². The van der Waals surface area contributed by atoms with Crippen molar-refractivity contribution in [3.63, 3.8) is 0 Å². The van der Waals surface area contributed by atoms with Gasteiger partial charge in [-0.3, -0.25) is 0 Å². The lowest BCUT2D eigenvalue weighted by atomic mass is 10.4. The van der Waals surface area contributed by atoms with Crippen molar-refractivity contribution in [3.8, 4) is 0 Å². The van der Waals surface area contributed by atoms with Gasteiger partial charge in [0.2, 0.25) is 0 Å². The Morgan fingerprint density at radius 1 is 1.35 bits per heavy atom. The van der Waals surface area contributed by atoms with Gasteiger partial charge in [0.25, 0.3) is 0 Å². The number of aliphatic hydroxyl groups excluding tert-OH is 1. The molecule has 0 radical (unpaired) electrons. The number of rotatable bonds is 6. The van der Waals surface area contributed by atoms with Crippen molar-refractivity contribution >= 4 is 25.8 Å². The number of benzene rings is 1. The Balaban J connectivity index is 2.69. The molecule has 1 aromatic rings. The third-order valence-corrected chi connectivity index (χ3v) is 4.56. The van der Waals surface area contributed by atoms with Crippen LogP contribution in [0.4, 0.5) is 0 Å². The number of nitrogens with zero attached hydrogens (tertiary/aromatic N) is 1. The molecule has 1 N–H and O–H groups in total. The Kier molecular flexibility index (Phi) is 5.58. The molecule has 0 saturated carbocycles. The van der Waals surface area contributed by atoms with Gasteiger partial charge in [-0.05, 0) is 25.2 Å². The molecule has 0 aromatic heterocycles. The van der Waals surface area contributed by atoms with E-state index >= 15 is 0 Å². The van der Waals surface area contributed by atoms with Gasteiger partial charge >= 0.3 is 0 Å². The summed E-state index contributed by atoms with van der Waals surface area (Å²) in [5.41, 5.74) is 0. The zero-order chi connectivity index (χ0) is 12.9. The van der Waals surface area contributed by atoms with Gasteiger partial charge in [-0.1, -0.05) is 22.0 Å². The Morgan fingerprint density at radius 2 is 2.06 bits per heavy atom. The van der Waals surface area contributed by atoms with Crippen LogP contribution in [-0.2, 0) is 9.84 Å². The number of hydrogen-bond acceptors (Lipinski definition) is 4. The first-order valence-corrected chi connectivity index (χ1v) is 7.68. The minimum atomic E-state index is -3.25. The summed E-state index contributed by atoms with van der Waals surface area (Å²) in [6.07, 6.45) is 0. The van der Waals surface area contributed by atoms with Crippen LogP contribution in [0.5, 0.6) is 0 Å². The quantitative estimate of drug-likeness (QED) is 0.853. The van der Waals surface area contributed by atoms with Gasteiger partial charge in [-0.25, -0.2) is 8.42 Å². The average Bonchev–Trinajstić information content (AvgIpc) is 2.27. The molecule has 1 rings (SSSR count). The molecule has 96 valence electrons. The van der Waals surface area contributed by atoms with E-state index in [9.17, 15) is 8.42 Å². The van der Waals surface area contributed by atoms with E-state index in [2.05, 4.69) is 15.9 Å². The van der Waals surface area contributed by atoms with Crippen molar-refractivity contribution in [2.45, 2.75) is 4.90 Å². The fourth-order valence-electron chi connectivity index (χ4n) is 1.34. The lowest BCUT2D eigenvalue weighted by molar-refractivity contribution is 0.227. The molecule has 0 saturated heterocycles. The molecule has 0 aliphatic heterocycles. The van der Waals surface area contributed by atoms with E-state index in [1.165, 1.54) is 0 Å². The fourth-order valence-corrected chi connectivity index (χ4v) is 3.27. The van der Waals surface area contributed by atoms with Crippen LogP contribution in [0.2, 0.25) is 0 Å². The normalized spacial score (nSPS) is 12.0. The zero-order valence-electron chi connectivity index (χ0n) is 9.63. The van der Waals surface area contributed by atoms with E-state index in [4.69, 9.17) is 5.11 Å². The third kappa shape index (κ3) is 4.75. The Bertz CT molecular complexity index is 462. The van der Waals surface area contributed by atoms with Gasteiger partial charge in [-0.15, -0.1) is 0 Å². The Morgan fingerprint density at radius 3 is 2.65 bits per heavy atom. The second-order valence-corrected chi connectivity index (χ2v) is 6.83. The molecule has 0 atom stereocenters. The van der Waals surface area contributed by atoms with Crippen LogP contribution in [0.1, 0.15) is 0 Å². The summed E-state index contributed by atoms with van der Waals surface area (Å²) in [5, 5.41) is 8.72. The molecule has 6 heteroatoms. The summed E-state index contributed by atoms with van der Waals surface area (Å²) in [4.78, 5) is 2.11. The molecule has 0 amide bonds. The highest BCUT2D eigenvalue weighted by atomic mass is 79.9. The highest BCUT2D eigenvalue weighted by molar-refractivity contribution is 9.10. The summed E-state index contributed by atoms with van der Waals surface area (Å²) in [7, 11) is -1.47. The van der Waals surface area contributed by atoms with Crippen LogP contribution in [0, 0.1) is 0 Å². The molecule has 0 heterocycles. The predicted octanol–water partition coefficient (Wildman–Crippen LogP) is 1.15. The van der Waals surface area contributed by atoms with Crippen molar-refractivity contribution in [1.29, 1.82) is 0 Å². The minimum Gasteiger partial charge on any atom is -0.395 e. The van der Waals surface area contributed by atoms with Crippen molar-refractivity contribution in [1.82, 2.24) is 4.90 Å². The van der Waals surface area contributed by atoms with Gasteiger partial charge in [0.1, 0.15) is 0 Å². The van der Waals surface area contributed by atoms with Gasteiger partial charge < -0.3 is 10.0 Å². The summed E-state index contributed by atoms with van der Waals surface area (Å²) in [6, 6.07) is 6.68. The van der Waals surface area contributed by atoms with Crippen molar-refractivity contribution < 1.29 is 13.5 Å². The first-order chi connectivity index (χ1) is 7.95. The van der Waals surface area contributed by atoms with Crippen LogP contribution in [0.15, 0.2) is 33.6 Å². The number of hydrogen-bond donors (Lipinski definition) is 1. The highest BCUT2D eigenvalue weighted by Crippen LogP contribution is 2.17. The molecule has 0 fully saturated rings. The maximum atomic E-state index is 12.0. The summed E-state index contributed by atoms with van der Waals surface area (Å²) < 4.78 is 24.7. The van der Waals surface area contributed by atoms with E-state index in [-0.39, 0.29) is 12.4 Å². The topological polar surface area (TPSA) is 57.6 Å². The minimum absolute atomic E-state index is 0.0352. The Hall–Kier alpha value is -0.430. The van der Waals surface area contributed by atoms with Gasteiger partial charge in [0.15, 0.2) is 9.84 Å². The molecule has 1 aromatic carbocycles. The average molecular weight is 322 g/mol. The van der Waals surface area contributed by atoms with Crippen molar-refractivity contribution in [3.05, 3.63) is 28.7 Å². The van der Waals surface area contributed by atoms with Crippen LogP contribution in [0.25, 0.3) is 0 Å². The molecular weight excluding hydrogens is 306 g/mol. The van der Waals surface area contributed by atoms with Gasteiger partial charge in [0.05, 0.1) is 17.3 Å². The maximum Gasteiger partial charge on any atom is 0.179 e. The molecule has 0 aliphatic carbocycles. The number of likely N-dealkylation sites (N-methyl/N-ethyl adjacent to an activating group) is 1. The van der Waals surface area contributed by atoms with Gasteiger partial charge in [0, 0.05) is 17.6 Å². The fraction of sp³-hybridized carbons (Fsp3) is 0.455. The molecule has 0 unspecified atom stereocenters. The monoisotopic (exact) mass is 321 g/mol. The first-order valence-electron chi connectivity index (χ1n) is 5.23. The van der Waals surface area contributed by atoms with Crippen LogP contribution >= 0.6 is 15.9 Å². The standard InChI is InChI=1S/C11H16BrNO3S/c1-13(5-7-14)6-8-17(15,16)11-4-2-3-10(12)9-11/h2-4,9,14H,5-8H2,1H3. The smallest absolute Gasteiger partial charge is 0.179 e. The SMILES string of the molecule is CN(CCO)CCS(=O)(=O)c1cccc(Br)c1. The zero-order valence-corrected chi connectivity index (χ0v) is 12.0. The second kappa shape index (κ2) is 6.49. The summed E-state index contributed by atoms with van der Waals surface area (Å²) in [6.45, 7) is 0.927. The van der Waals surface area contributed by atoms with E-state index in [1.54, 1.807) is 36.2 Å². The Labute approximate surface area is 110 Å². The lowest BCUT2D eigenvalue weighted by Gasteiger charge is -2.14. The predicted molar refractivity (Wildman–Crippen MR) is 70.8 cm³/mol. The van der Waals surface area contributed by atoms with E-state index < -0.39 is 9.84 Å². The van der Waals surface area contributed by atoms with Crippen molar-refractivity contribution in [2.24, 2.45) is 0 Å². The molecule has 0 spiro atoms. The lowest BCUT2D eigenvalue weighted by Crippen LogP contribution is -2.28. The van der Waals surface area contributed by atoms with E-state index in [1.807, 2.05) is 0 Å². The number of halogens is 1. The van der Waals surface area contributed by atoms with E-state index in [0.717, 1.165) is 4.47 Å². The highest BCUT2D eigenvalue weighted by Gasteiger charge is 2.15. The molecule has 17 heavy (non-hydrogen) atoms.